The van der Waals surface area contributed by atoms with Gasteiger partial charge in [-0.05, 0) is 11.1 Å². The van der Waals surface area contributed by atoms with Crippen LogP contribution in [0.4, 0.5) is 0 Å². The Balaban J connectivity index is 2.05. The Morgan fingerprint density at radius 1 is 0.957 bits per heavy atom. The zero-order valence-corrected chi connectivity index (χ0v) is 12.7. The molecule has 0 saturated heterocycles. The standard InChI is InChI=1S/C16H21N5O2/c17-15-11-6-4-2-1-3-5-7-12(8-11)16(15)21-14(23)9-19-13(22)10-20-18/h1-8,15-16,20H,9-10,17-18H2,(H,19,22)(H,21,23). The third-order valence-electron chi connectivity index (χ3n) is 3.48. The van der Waals surface area contributed by atoms with E-state index in [0.717, 1.165) is 11.1 Å². The van der Waals surface area contributed by atoms with Crippen LogP contribution in [0.2, 0.25) is 0 Å². The van der Waals surface area contributed by atoms with Gasteiger partial charge in [-0.15, -0.1) is 0 Å². The van der Waals surface area contributed by atoms with Gasteiger partial charge in [0.15, 0.2) is 0 Å². The maximum Gasteiger partial charge on any atom is 0.239 e. The first-order valence-corrected chi connectivity index (χ1v) is 7.30. The number of hydrogen-bond acceptors (Lipinski definition) is 5. The fourth-order valence-electron chi connectivity index (χ4n) is 2.35. The number of nitrogens with one attached hydrogen (secondary N) is 3. The highest BCUT2D eigenvalue weighted by Gasteiger charge is 2.27. The maximum absolute atomic E-state index is 12.0. The molecule has 0 aliphatic heterocycles. The Labute approximate surface area is 134 Å². The van der Waals surface area contributed by atoms with Gasteiger partial charge in [0.1, 0.15) is 0 Å². The van der Waals surface area contributed by atoms with Gasteiger partial charge in [-0.3, -0.25) is 20.9 Å². The molecule has 1 aliphatic carbocycles. The molecule has 0 fully saturated rings. The van der Waals surface area contributed by atoms with E-state index >= 15 is 0 Å². The van der Waals surface area contributed by atoms with Gasteiger partial charge in [0, 0.05) is 0 Å². The molecular formula is C16H21N5O2. The first-order chi connectivity index (χ1) is 11.1. The molecule has 2 atom stereocenters. The molecule has 2 bridgehead atoms. The molecule has 0 saturated carbocycles. The van der Waals surface area contributed by atoms with E-state index in [0.29, 0.717) is 0 Å². The van der Waals surface area contributed by atoms with Gasteiger partial charge >= 0.3 is 0 Å². The molecule has 0 heterocycles. The lowest BCUT2D eigenvalue weighted by Crippen LogP contribution is -2.43. The van der Waals surface area contributed by atoms with Crippen molar-refractivity contribution in [2.75, 3.05) is 13.1 Å². The molecule has 7 heteroatoms. The van der Waals surface area contributed by atoms with Crippen LogP contribution in [-0.2, 0) is 9.59 Å². The molecule has 0 spiro atoms. The van der Waals surface area contributed by atoms with Gasteiger partial charge < -0.3 is 16.4 Å². The van der Waals surface area contributed by atoms with E-state index in [9.17, 15) is 9.59 Å². The average Bonchev–Trinajstić information content (AvgIpc) is 2.81. The minimum atomic E-state index is -0.351. The van der Waals surface area contributed by atoms with Crippen molar-refractivity contribution in [2.24, 2.45) is 11.6 Å². The predicted octanol–water partition coefficient (Wildman–Crippen LogP) is -0.439. The summed E-state index contributed by atoms with van der Waals surface area (Å²) in [5.41, 5.74) is 10.3. The Hall–Kier alpha value is -2.48. The number of rotatable bonds is 5. The first-order valence-electron chi connectivity index (χ1n) is 7.30. The lowest BCUT2D eigenvalue weighted by Gasteiger charge is -2.20. The molecule has 2 amide bonds. The molecule has 7 nitrogen and oxygen atoms in total. The van der Waals surface area contributed by atoms with Crippen LogP contribution in [0.25, 0.3) is 0 Å². The molecule has 1 aliphatic rings. The van der Waals surface area contributed by atoms with E-state index in [-0.39, 0.29) is 37.0 Å². The summed E-state index contributed by atoms with van der Waals surface area (Å²) in [4.78, 5) is 23.3. The Kier molecular flexibility index (Phi) is 6.04. The van der Waals surface area contributed by atoms with Crippen LogP contribution in [0.3, 0.4) is 0 Å². The van der Waals surface area contributed by atoms with E-state index in [1.165, 1.54) is 0 Å². The SMILES string of the molecule is NNCC(=O)NCC(=O)NC1c2cccccccc(c2)C1N. The van der Waals surface area contributed by atoms with Crippen molar-refractivity contribution in [1.29, 1.82) is 0 Å². The fourth-order valence-corrected chi connectivity index (χ4v) is 2.35. The van der Waals surface area contributed by atoms with E-state index < -0.39 is 0 Å². The van der Waals surface area contributed by atoms with Crippen LogP contribution in [-0.4, -0.2) is 24.9 Å². The van der Waals surface area contributed by atoms with E-state index in [4.69, 9.17) is 11.6 Å². The van der Waals surface area contributed by atoms with Crippen molar-refractivity contribution in [2.45, 2.75) is 12.1 Å². The smallest absolute Gasteiger partial charge is 0.239 e. The zero-order chi connectivity index (χ0) is 16.7. The molecule has 1 aromatic carbocycles. The number of nitrogens with two attached hydrogens (primary N) is 2. The van der Waals surface area contributed by atoms with Crippen molar-refractivity contribution in [3.63, 3.8) is 0 Å². The quantitative estimate of drug-likeness (QED) is 0.372. The molecular weight excluding hydrogens is 294 g/mol. The van der Waals surface area contributed by atoms with Crippen molar-refractivity contribution >= 4 is 11.8 Å². The first kappa shape index (κ1) is 16.9. The minimum Gasteiger partial charge on any atom is -0.346 e. The molecule has 1 aromatic rings. The molecule has 2 unspecified atom stereocenters. The van der Waals surface area contributed by atoms with E-state index in [2.05, 4.69) is 16.1 Å². The number of fused-ring (bicyclic) bond motifs is 2. The summed E-state index contributed by atoms with van der Waals surface area (Å²) >= 11 is 0. The lowest BCUT2D eigenvalue weighted by atomic mass is 10.1. The Morgan fingerprint density at radius 2 is 1.61 bits per heavy atom. The summed E-state index contributed by atoms with van der Waals surface area (Å²) in [6.45, 7) is -0.171. The normalized spacial score (nSPS) is 18.0. The third kappa shape index (κ3) is 4.75. The molecule has 0 radical (unpaired) electrons. The third-order valence-corrected chi connectivity index (χ3v) is 3.48. The number of carbonyl (C=O) groups excluding carboxylic acids is 2. The van der Waals surface area contributed by atoms with Crippen LogP contribution in [0.1, 0.15) is 23.2 Å². The molecule has 0 aromatic heterocycles. The van der Waals surface area contributed by atoms with Crippen molar-refractivity contribution < 1.29 is 9.59 Å². The summed E-state index contributed by atoms with van der Waals surface area (Å²) in [5.74, 6) is 4.38. The molecule has 7 N–H and O–H groups in total. The van der Waals surface area contributed by atoms with Crippen LogP contribution in [0.15, 0.2) is 48.5 Å². The van der Waals surface area contributed by atoms with Crippen molar-refractivity contribution in [3.8, 4) is 0 Å². The van der Waals surface area contributed by atoms with E-state index in [1.807, 2.05) is 48.5 Å². The minimum absolute atomic E-state index is 0.0460. The summed E-state index contributed by atoms with van der Waals surface area (Å²) in [6.07, 6.45) is 0. The largest absolute Gasteiger partial charge is 0.346 e. The van der Waals surface area contributed by atoms with Crippen LogP contribution in [0.5, 0.6) is 0 Å². The van der Waals surface area contributed by atoms with Crippen molar-refractivity contribution in [3.05, 3.63) is 59.7 Å². The summed E-state index contributed by atoms with van der Waals surface area (Å²) in [6, 6.07) is 14.7. The van der Waals surface area contributed by atoms with Gasteiger partial charge in [-0.2, -0.15) is 0 Å². The second kappa shape index (κ2) is 8.23. The molecule has 2 rings (SSSR count). The van der Waals surface area contributed by atoms with Gasteiger partial charge in [0.2, 0.25) is 11.8 Å². The van der Waals surface area contributed by atoms with Crippen molar-refractivity contribution in [1.82, 2.24) is 16.1 Å². The van der Waals surface area contributed by atoms with Gasteiger partial charge in [0.25, 0.3) is 0 Å². The summed E-state index contributed by atoms with van der Waals surface area (Å²) in [7, 11) is 0. The van der Waals surface area contributed by atoms with Gasteiger partial charge in [-0.1, -0.05) is 48.5 Å². The summed E-state index contributed by atoms with van der Waals surface area (Å²) in [5, 5.41) is 5.32. The Bertz CT molecular complexity index is 633. The fraction of sp³-hybridized carbons (Fsp3) is 0.250. The number of carbonyl (C=O) groups is 2. The van der Waals surface area contributed by atoms with Gasteiger partial charge in [0.05, 0.1) is 25.2 Å². The van der Waals surface area contributed by atoms with Crippen LogP contribution >= 0.6 is 0 Å². The zero-order valence-electron chi connectivity index (χ0n) is 12.7. The molecule has 122 valence electrons. The van der Waals surface area contributed by atoms with Crippen LogP contribution < -0.4 is 27.6 Å². The number of amides is 2. The maximum atomic E-state index is 12.0. The average molecular weight is 315 g/mol. The predicted molar refractivity (Wildman–Crippen MR) is 87.1 cm³/mol. The second-order valence-corrected chi connectivity index (χ2v) is 5.17. The van der Waals surface area contributed by atoms with Crippen LogP contribution in [0, 0.1) is 0 Å². The molecule has 23 heavy (non-hydrogen) atoms. The highest BCUT2D eigenvalue weighted by atomic mass is 16.2. The number of hydrogen-bond donors (Lipinski definition) is 5. The van der Waals surface area contributed by atoms with Gasteiger partial charge in [-0.25, -0.2) is 0 Å². The topological polar surface area (TPSA) is 122 Å². The Morgan fingerprint density at radius 3 is 2.30 bits per heavy atom. The summed E-state index contributed by atoms with van der Waals surface area (Å²) < 4.78 is 0. The highest BCUT2D eigenvalue weighted by molar-refractivity contribution is 5.85. The second-order valence-electron chi connectivity index (χ2n) is 5.17. The monoisotopic (exact) mass is 315 g/mol. The number of hydrazine groups is 1. The van der Waals surface area contributed by atoms with E-state index in [1.54, 1.807) is 0 Å². The lowest BCUT2D eigenvalue weighted by molar-refractivity contribution is -0.126. The highest BCUT2D eigenvalue weighted by Crippen LogP contribution is 2.32.